The zero-order valence-corrected chi connectivity index (χ0v) is 14.7. The lowest BCUT2D eigenvalue weighted by Crippen LogP contribution is -2.46. The maximum Gasteiger partial charge on any atom is 0.253 e. The van der Waals surface area contributed by atoms with Crippen LogP contribution >= 0.6 is 28.3 Å². The molecular formula is C15H21BrClN3O2. The van der Waals surface area contributed by atoms with Gasteiger partial charge in [0.05, 0.1) is 5.92 Å². The van der Waals surface area contributed by atoms with E-state index in [0.717, 1.165) is 17.3 Å². The number of nitrogens with zero attached hydrogens (tertiary/aromatic N) is 1. The number of amides is 2. The highest BCUT2D eigenvalue weighted by molar-refractivity contribution is 9.10. The zero-order valence-electron chi connectivity index (χ0n) is 12.3. The molecule has 2 rings (SSSR count). The van der Waals surface area contributed by atoms with Crippen molar-refractivity contribution in [2.24, 2.45) is 11.7 Å². The Bertz CT molecular complexity index is 527. The molecule has 0 aromatic heterocycles. The van der Waals surface area contributed by atoms with Gasteiger partial charge in [0.2, 0.25) is 5.91 Å². The van der Waals surface area contributed by atoms with E-state index in [9.17, 15) is 9.59 Å². The SMILES string of the molecule is Cl.NCCNC(=O)C1CCCN(C(=O)c2cccc(Br)c2)C1. The monoisotopic (exact) mass is 389 g/mol. The Balaban J connectivity index is 0.00000242. The number of carbonyl (C=O) groups is 2. The van der Waals surface area contributed by atoms with E-state index in [-0.39, 0.29) is 30.1 Å². The number of piperidine rings is 1. The van der Waals surface area contributed by atoms with E-state index in [1.807, 2.05) is 12.1 Å². The molecule has 1 aliphatic heterocycles. The van der Waals surface area contributed by atoms with E-state index >= 15 is 0 Å². The van der Waals surface area contributed by atoms with Crippen LogP contribution in [-0.2, 0) is 4.79 Å². The van der Waals surface area contributed by atoms with E-state index in [1.54, 1.807) is 17.0 Å². The van der Waals surface area contributed by atoms with Crippen molar-refractivity contribution in [2.75, 3.05) is 26.2 Å². The number of nitrogens with two attached hydrogens (primary N) is 1. The molecule has 1 saturated heterocycles. The number of nitrogens with one attached hydrogen (secondary N) is 1. The van der Waals surface area contributed by atoms with E-state index in [1.165, 1.54) is 0 Å². The molecule has 1 aromatic rings. The molecule has 1 heterocycles. The van der Waals surface area contributed by atoms with Crippen molar-refractivity contribution in [2.45, 2.75) is 12.8 Å². The van der Waals surface area contributed by atoms with Gasteiger partial charge in [-0.2, -0.15) is 0 Å². The third kappa shape index (κ3) is 4.97. The number of hydrogen-bond acceptors (Lipinski definition) is 3. The number of carbonyl (C=O) groups excluding carboxylic acids is 2. The Hall–Kier alpha value is -1.11. The van der Waals surface area contributed by atoms with Crippen LogP contribution in [0.4, 0.5) is 0 Å². The summed E-state index contributed by atoms with van der Waals surface area (Å²) in [6.45, 7) is 2.09. The summed E-state index contributed by atoms with van der Waals surface area (Å²) in [7, 11) is 0. The van der Waals surface area contributed by atoms with E-state index < -0.39 is 0 Å². The van der Waals surface area contributed by atoms with Crippen molar-refractivity contribution in [3.05, 3.63) is 34.3 Å². The van der Waals surface area contributed by atoms with Gasteiger partial charge in [-0.1, -0.05) is 22.0 Å². The molecule has 1 aromatic carbocycles. The van der Waals surface area contributed by atoms with Gasteiger partial charge in [-0.3, -0.25) is 9.59 Å². The molecule has 0 radical (unpaired) electrons. The van der Waals surface area contributed by atoms with Crippen LogP contribution in [0.3, 0.4) is 0 Å². The smallest absolute Gasteiger partial charge is 0.253 e. The summed E-state index contributed by atoms with van der Waals surface area (Å²) in [5.41, 5.74) is 6.03. The third-order valence-corrected chi connectivity index (χ3v) is 4.09. The van der Waals surface area contributed by atoms with Crippen LogP contribution in [0.5, 0.6) is 0 Å². The molecule has 1 unspecified atom stereocenters. The Morgan fingerprint density at radius 1 is 1.41 bits per heavy atom. The molecule has 3 N–H and O–H groups in total. The Kier molecular flexibility index (Phi) is 7.85. The number of rotatable bonds is 4. The van der Waals surface area contributed by atoms with Gasteiger partial charge in [0.25, 0.3) is 5.91 Å². The summed E-state index contributed by atoms with van der Waals surface area (Å²) >= 11 is 3.37. The van der Waals surface area contributed by atoms with Gasteiger partial charge in [-0.05, 0) is 31.0 Å². The number of benzene rings is 1. The molecular weight excluding hydrogens is 370 g/mol. The minimum Gasteiger partial charge on any atom is -0.355 e. The highest BCUT2D eigenvalue weighted by Crippen LogP contribution is 2.20. The fourth-order valence-electron chi connectivity index (χ4n) is 2.52. The second-order valence-electron chi connectivity index (χ2n) is 5.18. The van der Waals surface area contributed by atoms with Crippen LogP contribution in [0.1, 0.15) is 23.2 Å². The average molecular weight is 391 g/mol. The standard InChI is InChI=1S/C15H20BrN3O2.ClH/c16-13-5-1-3-11(9-13)15(21)19-8-2-4-12(10-19)14(20)18-7-6-17;/h1,3,5,9,12H,2,4,6-8,10,17H2,(H,18,20);1H. The lowest BCUT2D eigenvalue weighted by Gasteiger charge is -2.32. The largest absolute Gasteiger partial charge is 0.355 e. The second kappa shape index (κ2) is 9.12. The van der Waals surface area contributed by atoms with Crippen LogP contribution in [-0.4, -0.2) is 42.9 Å². The van der Waals surface area contributed by atoms with Crippen LogP contribution in [0.25, 0.3) is 0 Å². The van der Waals surface area contributed by atoms with Crippen molar-refractivity contribution in [3.63, 3.8) is 0 Å². The second-order valence-corrected chi connectivity index (χ2v) is 6.10. The van der Waals surface area contributed by atoms with E-state index in [0.29, 0.717) is 31.7 Å². The molecule has 1 aliphatic rings. The summed E-state index contributed by atoms with van der Waals surface area (Å²) in [5, 5.41) is 2.80. The van der Waals surface area contributed by atoms with Gasteiger partial charge < -0.3 is 16.0 Å². The van der Waals surface area contributed by atoms with Crippen molar-refractivity contribution in [1.82, 2.24) is 10.2 Å². The highest BCUT2D eigenvalue weighted by Gasteiger charge is 2.28. The predicted molar refractivity (Wildman–Crippen MR) is 92.1 cm³/mol. The van der Waals surface area contributed by atoms with Gasteiger partial charge >= 0.3 is 0 Å². The maximum absolute atomic E-state index is 12.5. The van der Waals surface area contributed by atoms with Crippen molar-refractivity contribution in [1.29, 1.82) is 0 Å². The summed E-state index contributed by atoms with van der Waals surface area (Å²) in [6.07, 6.45) is 1.67. The first kappa shape index (κ1) is 18.9. The molecule has 1 atom stereocenters. The van der Waals surface area contributed by atoms with Crippen molar-refractivity contribution < 1.29 is 9.59 Å². The fourth-order valence-corrected chi connectivity index (χ4v) is 2.92. The van der Waals surface area contributed by atoms with Crippen molar-refractivity contribution >= 4 is 40.2 Å². The number of likely N-dealkylation sites (tertiary alicyclic amines) is 1. The molecule has 0 spiro atoms. The Labute approximate surface area is 145 Å². The first-order chi connectivity index (χ1) is 10.1. The van der Waals surface area contributed by atoms with Gasteiger partial charge in [0, 0.05) is 36.2 Å². The molecule has 0 bridgehead atoms. The number of hydrogen-bond donors (Lipinski definition) is 2. The van der Waals surface area contributed by atoms with Gasteiger partial charge in [-0.25, -0.2) is 0 Å². The first-order valence-corrected chi connectivity index (χ1v) is 7.93. The first-order valence-electron chi connectivity index (χ1n) is 7.14. The summed E-state index contributed by atoms with van der Waals surface area (Å²) < 4.78 is 0.877. The minimum absolute atomic E-state index is 0. The number of halogens is 2. The molecule has 0 saturated carbocycles. The highest BCUT2D eigenvalue weighted by atomic mass is 79.9. The Morgan fingerprint density at radius 2 is 2.18 bits per heavy atom. The summed E-state index contributed by atoms with van der Waals surface area (Å²) in [4.78, 5) is 26.3. The van der Waals surface area contributed by atoms with Crippen LogP contribution in [0, 0.1) is 5.92 Å². The molecule has 22 heavy (non-hydrogen) atoms. The zero-order chi connectivity index (χ0) is 15.2. The maximum atomic E-state index is 12.5. The van der Waals surface area contributed by atoms with Crippen LogP contribution < -0.4 is 11.1 Å². The van der Waals surface area contributed by atoms with Crippen LogP contribution in [0.2, 0.25) is 0 Å². The summed E-state index contributed by atoms with van der Waals surface area (Å²) in [6, 6.07) is 7.33. The normalized spacial score (nSPS) is 17.5. The van der Waals surface area contributed by atoms with Gasteiger partial charge in [-0.15, -0.1) is 12.4 Å². The van der Waals surface area contributed by atoms with Gasteiger partial charge in [0.1, 0.15) is 0 Å². The third-order valence-electron chi connectivity index (χ3n) is 3.59. The lowest BCUT2D eigenvalue weighted by molar-refractivity contribution is -0.126. The van der Waals surface area contributed by atoms with Gasteiger partial charge in [0.15, 0.2) is 0 Å². The average Bonchev–Trinajstić information content (AvgIpc) is 2.52. The molecule has 2 amide bonds. The quantitative estimate of drug-likeness (QED) is 0.823. The van der Waals surface area contributed by atoms with Crippen LogP contribution in [0.15, 0.2) is 28.7 Å². The topological polar surface area (TPSA) is 75.4 Å². The molecule has 5 nitrogen and oxygen atoms in total. The van der Waals surface area contributed by atoms with E-state index in [4.69, 9.17) is 5.73 Å². The Morgan fingerprint density at radius 3 is 2.86 bits per heavy atom. The molecule has 7 heteroatoms. The minimum atomic E-state index is -0.138. The lowest BCUT2D eigenvalue weighted by atomic mass is 9.96. The predicted octanol–water partition coefficient (Wildman–Crippen LogP) is 1.80. The van der Waals surface area contributed by atoms with Crippen molar-refractivity contribution in [3.8, 4) is 0 Å². The van der Waals surface area contributed by atoms with E-state index in [2.05, 4.69) is 21.2 Å². The fraction of sp³-hybridized carbons (Fsp3) is 0.467. The molecule has 1 fully saturated rings. The molecule has 0 aliphatic carbocycles. The molecule has 122 valence electrons. The summed E-state index contributed by atoms with van der Waals surface area (Å²) in [5.74, 6) is -0.166.